The third-order valence-corrected chi connectivity index (χ3v) is 5.68. The summed E-state index contributed by atoms with van der Waals surface area (Å²) in [5.74, 6) is 0. The van der Waals surface area contributed by atoms with Crippen LogP contribution in [0, 0.1) is 0 Å². The number of morpholine rings is 1. The van der Waals surface area contributed by atoms with Crippen LogP contribution in [0.5, 0.6) is 0 Å². The van der Waals surface area contributed by atoms with Gasteiger partial charge in [0, 0.05) is 13.1 Å². The molecule has 0 aliphatic carbocycles. The molecule has 0 aromatic carbocycles. The summed E-state index contributed by atoms with van der Waals surface area (Å²) in [7, 11) is 0. The number of hydrogen-bond donors (Lipinski definition) is 0. The molecule has 1 rings (SSSR count). The van der Waals surface area contributed by atoms with Crippen LogP contribution in [0.2, 0.25) is 0 Å². The van der Waals surface area contributed by atoms with E-state index < -0.39 is 0 Å². The zero-order valence-corrected chi connectivity index (χ0v) is 17.4. The van der Waals surface area contributed by atoms with Crippen LogP contribution >= 0.6 is 0 Å². The minimum atomic E-state index is 0.943. The van der Waals surface area contributed by atoms with Crippen LogP contribution in [-0.4, -0.2) is 37.7 Å². The predicted octanol–water partition coefficient (Wildman–Crippen LogP) is 6.97. The van der Waals surface area contributed by atoms with Gasteiger partial charge in [0.05, 0.1) is 13.2 Å². The normalized spacial score (nSPS) is 15.7. The van der Waals surface area contributed by atoms with Crippen molar-refractivity contribution >= 4 is 0 Å². The molecular formula is C23H47NO. The second kappa shape index (κ2) is 18.7. The third kappa shape index (κ3) is 15.9. The van der Waals surface area contributed by atoms with E-state index in [0.717, 1.165) is 26.3 Å². The topological polar surface area (TPSA) is 12.5 Å². The van der Waals surface area contributed by atoms with Crippen molar-refractivity contribution in [2.24, 2.45) is 0 Å². The summed E-state index contributed by atoms with van der Waals surface area (Å²) in [6.45, 7) is 7.78. The Morgan fingerprint density at radius 3 is 1.28 bits per heavy atom. The van der Waals surface area contributed by atoms with Crippen LogP contribution in [0.3, 0.4) is 0 Å². The third-order valence-electron chi connectivity index (χ3n) is 5.68. The summed E-state index contributed by atoms with van der Waals surface area (Å²) in [6, 6.07) is 0. The molecule has 0 spiro atoms. The average Bonchev–Trinajstić information content (AvgIpc) is 2.65. The quantitative estimate of drug-likeness (QED) is 0.247. The summed E-state index contributed by atoms with van der Waals surface area (Å²) < 4.78 is 5.39. The highest BCUT2D eigenvalue weighted by Crippen LogP contribution is 2.14. The lowest BCUT2D eigenvalue weighted by Crippen LogP contribution is -2.36. The molecule has 1 aliphatic rings. The van der Waals surface area contributed by atoms with Gasteiger partial charge in [0.1, 0.15) is 0 Å². The van der Waals surface area contributed by atoms with Crippen LogP contribution in [0.1, 0.15) is 116 Å². The summed E-state index contributed by atoms with van der Waals surface area (Å²) in [5.41, 5.74) is 0. The van der Waals surface area contributed by atoms with Gasteiger partial charge < -0.3 is 4.74 Å². The van der Waals surface area contributed by atoms with E-state index >= 15 is 0 Å². The van der Waals surface area contributed by atoms with Crippen LogP contribution in [0.15, 0.2) is 0 Å². The van der Waals surface area contributed by atoms with E-state index in [-0.39, 0.29) is 0 Å². The fourth-order valence-corrected chi connectivity index (χ4v) is 3.89. The Labute approximate surface area is 159 Å². The fourth-order valence-electron chi connectivity index (χ4n) is 3.89. The largest absolute Gasteiger partial charge is 0.379 e. The zero-order chi connectivity index (χ0) is 17.8. The smallest absolute Gasteiger partial charge is 0.0594 e. The molecule has 2 nitrogen and oxygen atoms in total. The number of hydrogen-bond acceptors (Lipinski definition) is 2. The monoisotopic (exact) mass is 353 g/mol. The first-order valence-electron chi connectivity index (χ1n) is 11.7. The van der Waals surface area contributed by atoms with Gasteiger partial charge in [0.2, 0.25) is 0 Å². The van der Waals surface area contributed by atoms with Crippen molar-refractivity contribution in [3.8, 4) is 0 Å². The van der Waals surface area contributed by atoms with Gasteiger partial charge in [-0.2, -0.15) is 0 Å². The molecule has 0 atom stereocenters. The first kappa shape index (κ1) is 23.0. The standard InChI is InChI=1S/C23H47NO/c1-2-3-4-5-6-7-8-9-10-11-12-13-14-15-16-17-18-19-24-20-22-25-23-21-24/h2-23H2,1H3. The predicted molar refractivity (Wildman–Crippen MR) is 111 cm³/mol. The number of nitrogens with zero attached hydrogens (tertiary/aromatic N) is 1. The molecule has 150 valence electrons. The fraction of sp³-hybridized carbons (Fsp3) is 1.00. The lowest BCUT2D eigenvalue weighted by Gasteiger charge is -2.26. The molecule has 0 aromatic rings. The van der Waals surface area contributed by atoms with Gasteiger partial charge in [-0.15, -0.1) is 0 Å². The summed E-state index contributed by atoms with van der Waals surface area (Å²) in [5, 5.41) is 0. The molecule has 0 radical (unpaired) electrons. The van der Waals surface area contributed by atoms with Crippen molar-refractivity contribution in [2.45, 2.75) is 116 Å². The van der Waals surface area contributed by atoms with Gasteiger partial charge >= 0.3 is 0 Å². The molecule has 0 N–H and O–H groups in total. The molecule has 0 amide bonds. The molecular weight excluding hydrogens is 306 g/mol. The molecule has 2 heteroatoms. The highest BCUT2D eigenvalue weighted by atomic mass is 16.5. The van der Waals surface area contributed by atoms with Crippen LogP contribution in [0.4, 0.5) is 0 Å². The van der Waals surface area contributed by atoms with Gasteiger partial charge in [-0.3, -0.25) is 4.90 Å². The van der Waals surface area contributed by atoms with Crippen LogP contribution in [0.25, 0.3) is 0 Å². The van der Waals surface area contributed by atoms with E-state index in [2.05, 4.69) is 11.8 Å². The Morgan fingerprint density at radius 2 is 0.880 bits per heavy atom. The van der Waals surface area contributed by atoms with Gasteiger partial charge in [-0.1, -0.05) is 110 Å². The van der Waals surface area contributed by atoms with Crippen molar-refractivity contribution in [3.63, 3.8) is 0 Å². The maximum absolute atomic E-state index is 5.39. The van der Waals surface area contributed by atoms with Gasteiger partial charge in [0.15, 0.2) is 0 Å². The Morgan fingerprint density at radius 1 is 0.520 bits per heavy atom. The first-order valence-corrected chi connectivity index (χ1v) is 11.7. The minimum Gasteiger partial charge on any atom is -0.379 e. The maximum Gasteiger partial charge on any atom is 0.0594 e. The summed E-state index contributed by atoms with van der Waals surface area (Å²) >= 11 is 0. The van der Waals surface area contributed by atoms with E-state index in [4.69, 9.17) is 4.74 Å². The molecule has 0 aromatic heterocycles. The van der Waals surface area contributed by atoms with Gasteiger partial charge in [0.25, 0.3) is 0 Å². The van der Waals surface area contributed by atoms with Crippen LogP contribution < -0.4 is 0 Å². The second-order valence-electron chi connectivity index (χ2n) is 8.11. The number of rotatable bonds is 18. The lowest BCUT2D eigenvalue weighted by atomic mass is 10.0. The van der Waals surface area contributed by atoms with Crippen molar-refractivity contribution in [1.29, 1.82) is 0 Å². The minimum absolute atomic E-state index is 0.943. The van der Waals surface area contributed by atoms with E-state index in [1.54, 1.807) is 0 Å². The van der Waals surface area contributed by atoms with Crippen molar-refractivity contribution in [1.82, 2.24) is 4.90 Å². The van der Waals surface area contributed by atoms with E-state index in [9.17, 15) is 0 Å². The summed E-state index contributed by atoms with van der Waals surface area (Å²) in [6.07, 6.45) is 24.8. The van der Waals surface area contributed by atoms with Crippen molar-refractivity contribution in [2.75, 3.05) is 32.8 Å². The summed E-state index contributed by atoms with van der Waals surface area (Å²) in [4.78, 5) is 2.56. The van der Waals surface area contributed by atoms with Crippen molar-refractivity contribution in [3.05, 3.63) is 0 Å². The second-order valence-corrected chi connectivity index (χ2v) is 8.11. The number of ether oxygens (including phenoxy) is 1. The van der Waals surface area contributed by atoms with Crippen LogP contribution in [-0.2, 0) is 4.74 Å². The molecule has 1 fully saturated rings. The molecule has 1 aliphatic heterocycles. The van der Waals surface area contributed by atoms with Gasteiger partial charge in [-0.25, -0.2) is 0 Å². The SMILES string of the molecule is CCCCCCCCCCCCCCCCCCCN1CCOCC1. The van der Waals surface area contributed by atoms with E-state index in [1.165, 1.54) is 116 Å². The molecule has 1 saturated heterocycles. The Balaban J connectivity index is 1.65. The van der Waals surface area contributed by atoms with Gasteiger partial charge in [-0.05, 0) is 13.0 Å². The molecule has 25 heavy (non-hydrogen) atoms. The molecule has 0 unspecified atom stereocenters. The molecule has 0 saturated carbocycles. The maximum atomic E-state index is 5.39. The molecule has 1 heterocycles. The average molecular weight is 354 g/mol. The Hall–Kier alpha value is -0.0800. The zero-order valence-electron chi connectivity index (χ0n) is 17.4. The van der Waals surface area contributed by atoms with E-state index in [1.807, 2.05) is 0 Å². The van der Waals surface area contributed by atoms with Crippen molar-refractivity contribution < 1.29 is 4.74 Å². The molecule has 0 bridgehead atoms. The number of unbranched alkanes of at least 4 members (excludes halogenated alkanes) is 16. The highest BCUT2D eigenvalue weighted by Gasteiger charge is 2.08. The first-order chi connectivity index (χ1) is 12.4. The Kier molecular flexibility index (Phi) is 17.2. The Bertz CT molecular complexity index is 250. The van der Waals surface area contributed by atoms with E-state index in [0.29, 0.717) is 0 Å². The highest BCUT2D eigenvalue weighted by molar-refractivity contribution is 4.61. The lowest BCUT2D eigenvalue weighted by molar-refractivity contribution is 0.0371.